The average Bonchev–Trinajstić information content (AvgIpc) is 2.44. The molecule has 4 fully saturated rings. The van der Waals surface area contributed by atoms with Gasteiger partial charge in [0.15, 0.2) is 0 Å². The van der Waals surface area contributed by atoms with Crippen LogP contribution in [0.2, 0.25) is 0 Å². The first-order valence-electron chi connectivity index (χ1n) is 8.66. The minimum Gasteiger partial charge on any atom is -0.351 e. The number of hydrogen-bond donors (Lipinski definition) is 1. The number of amides is 1. The van der Waals surface area contributed by atoms with Gasteiger partial charge in [-0.2, -0.15) is 0 Å². The van der Waals surface area contributed by atoms with E-state index in [0.717, 1.165) is 28.6 Å². The zero-order valence-electron chi connectivity index (χ0n) is 13.0. The SMILES string of the molecule is O=C(CCc1ccccc1Br)NC12CC3CC(CC(C3)C1)C2. The first kappa shape index (κ1) is 14.7. The van der Waals surface area contributed by atoms with Crippen molar-refractivity contribution in [2.75, 3.05) is 0 Å². The molecule has 0 heterocycles. The standard InChI is InChI=1S/C19H24BrNO/c20-17-4-2-1-3-16(17)5-6-18(22)21-19-10-13-7-14(11-19)9-15(8-13)12-19/h1-4,13-15H,5-12H2,(H,21,22). The van der Waals surface area contributed by atoms with E-state index in [9.17, 15) is 4.79 Å². The van der Waals surface area contributed by atoms with Gasteiger partial charge in [0.2, 0.25) is 5.91 Å². The van der Waals surface area contributed by atoms with E-state index in [1.54, 1.807) is 0 Å². The van der Waals surface area contributed by atoms with Crippen LogP contribution in [-0.2, 0) is 11.2 Å². The van der Waals surface area contributed by atoms with Crippen molar-refractivity contribution in [3.05, 3.63) is 34.3 Å². The van der Waals surface area contributed by atoms with Gasteiger partial charge in [-0.05, 0) is 74.3 Å². The number of hydrogen-bond acceptors (Lipinski definition) is 1. The predicted octanol–water partition coefficient (Wildman–Crippen LogP) is 4.47. The molecule has 2 nitrogen and oxygen atoms in total. The van der Waals surface area contributed by atoms with Gasteiger partial charge in [0.1, 0.15) is 0 Å². The Hall–Kier alpha value is -0.830. The lowest BCUT2D eigenvalue weighted by molar-refractivity contribution is -0.126. The number of halogens is 1. The van der Waals surface area contributed by atoms with Crippen LogP contribution in [0.4, 0.5) is 0 Å². The normalized spacial score (nSPS) is 35.6. The minimum atomic E-state index is 0.153. The molecule has 1 amide bonds. The summed E-state index contributed by atoms with van der Waals surface area (Å²) in [7, 11) is 0. The van der Waals surface area contributed by atoms with Crippen molar-refractivity contribution in [2.45, 2.75) is 56.9 Å². The fourth-order valence-electron chi connectivity index (χ4n) is 5.57. The van der Waals surface area contributed by atoms with Crippen LogP contribution >= 0.6 is 15.9 Å². The highest BCUT2D eigenvalue weighted by molar-refractivity contribution is 9.10. The third-order valence-corrected chi connectivity index (χ3v) is 6.80. The Balaban J connectivity index is 1.37. The Morgan fingerprint density at radius 1 is 1.09 bits per heavy atom. The molecule has 4 saturated carbocycles. The number of carbonyl (C=O) groups is 1. The molecule has 3 heteroatoms. The maximum Gasteiger partial charge on any atom is 0.220 e. The molecule has 0 aliphatic heterocycles. The predicted molar refractivity (Wildman–Crippen MR) is 91.5 cm³/mol. The van der Waals surface area contributed by atoms with Crippen molar-refractivity contribution in [1.29, 1.82) is 0 Å². The maximum absolute atomic E-state index is 12.5. The van der Waals surface area contributed by atoms with E-state index < -0.39 is 0 Å². The fraction of sp³-hybridized carbons (Fsp3) is 0.632. The molecular weight excluding hydrogens is 338 g/mol. The molecule has 0 unspecified atom stereocenters. The number of benzene rings is 1. The average molecular weight is 362 g/mol. The molecule has 1 N–H and O–H groups in total. The molecule has 1 aromatic carbocycles. The summed E-state index contributed by atoms with van der Waals surface area (Å²) in [5.74, 6) is 2.90. The topological polar surface area (TPSA) is 29.1 Å². The second-order valence-corrected chi connectivity index (χ2v) is 8.69. The second-order valence-electron chi connectivity index (χ2n) is 7.84. The van der Waals surface area contributed by atoms with Crippen LogP contribution in [0.1, 0.15) is 50.5 Å². The summed E-state index contributed by atoms with van der Waals surface area (Å²) in [5.41, 5.74) is 1.38. The number of carbonyl (C=O) groups excluding carboxylic acids is 1. The third-order valence-electron chi connectivity index (χ3n) is 6.02. The van der Waals surface area contributed by atoms with Crippen molar-refractivity contribution in [3.63, 3.8) is 0 Å². The van der Waals surface area contributed by atoms with Crippen molar-refractivity contribution >= 4 is 21.8 Å². The van der Waals surface area contributed by atoms with Crippen LogP contribution in [-0.4, -0.2) is 11.4 Å². The van der Waals surface area contributed by atoms with Crippen LogP contribution in [0.3, 0.4) is 0 Å². The van der Waals surface area contributed by atoms with Crippen molar-refractivity contribution in [2.24, 2.45) is 17.8 Å². The second kappa shape index (κ2) is 5.67. The molecule has 0 aromatic heterocycles. The third kappa shape index (κ3) is 2.84. The smallest absolute Gasteiger partial charge is 0.220 e. The minimum absolute atomic E-state index is 0.153. The molecule has 4 aliphatic rings. The molecule has 4 bridgehead atoms. The monoisotopic (exact) mass is 361 g/mol. The van der Waals surface area contributed by atoms with Crippen LogP contribution in [0.5, 0.6) is 0 Å². The summed E-state index contributed by atoms with van der Waals surface area (Å²) < 4.78 is 1.11. The Morgan fingerprint density at radius 2 is 1.68 bits per heavy atom. The van der Waals surface area contributed by atoms with E-state index in [2.05, 4.69) is 27.3 Å². The van der Waals surface area contributed by atoms with Crippen LogP contribution in [0.15, 0.2) is 28.7 Å². The first-order chi connectivity index (χ1) is 10.6. The lowest BCUT2D eigenvalue weighted by Crippen LogP contribution is -2.59. The summed E-state index contributed by atoms with van der Waals surface area (Å²) in [6.45, 7) is 0. The van der Waals surface area contributed by atoms with Crippen molar-refractivity contribution < 1.29 is 4.79 Å². The van der Waals surface area contributed by atoms with E-state index in [1.807, 2.05) is 18.2 Å². The number of rotatable bonds is 4. The van der Waals surface area contributed by atoms with E-state index in [-0.39, 0.29) is 11.4 Å². The summed E-state index contributed by atoms with van der Waals surface area (Å²) in [4.78, 5) is 12.5. The molecule has 0 radical (unpaired) electrons. The van der Waals surface area contributed by atoms with Gasteiger partial charge in [0.05, 0.1) is 0 Å². The molecule has 5 rings (SSSR count). The van der Waals surface area contributed by atoms with Crippen LogP contribution < -0.4 is 5.32 Å². The van der Waals surface area contributed by atoms with Crippen molar-refractivity contribution in [1.82, 2.24) is 5.32 Å². The van der Waals surface area contributed by atoms with Crippen molar-refractivity contribution in [3.8, 4) is 0 Å². The lowest BCUT2D eigenvalue weighted by atomic mass is 9.53. The van der Waals surface area contributed by atoms with Gasteiger partial charge in [-0.15, -0.1) is 0 Å². The van der Waals surface area contributed by atoms with E-state index >= 15 is 0 Å². The number of nitrogens with one attached hydrogen (secondary N) is 1. The van der Waals surface area contributed by atoms with E-state index in [1.165, 1.54) is 44.1 Å². The first-order valence-corrected chi connectivity index (χ1v) is 9.46. The Morgan fingerprint density at radius 3 is 2.27 bits per heavy atom. The molecular formula is C19H24BrNO. The molecule has 4 aliphatic carbocycles. The molecule has 22 heavy (non-hydrogen) atoms. The van der Waals surface area contributed by atoms with Gasteiger partial charge in [0, 0.05) is 16.4 Å². The van der Waals surface area contributed by atoms with Crippen LogP contribution in [0, 0.1) is 17.8 Å². The van der Waals surface area contributed by atoms with Gasteiger partial charge >= 0.3 is 0 Å². The summed E-state index contributed by atoms with van der Waals surface area (Å²) >= 11 is 3.57. The largest absolute Gasteiger partial charge is 0.351 e. The van der Waals surface area contributed by atoms with E-state index in [0.29, 0.717) is 6.42 Å². The zero-order chi connectivity index (χ0) is 15.2. The highest BCUT2D eigenvalue weighted by Gasteiger charge is 2.51. The Kier molecular flexibility index (Phi) is 3.80. The fourth-order valence-corrected chi connectivity index (χ4v) is 6.05. The zero-order valence-corrected chi connectivity index (χ0v) is 14.6. The molecule has 0 atom stereocenters. The van der Waals surface area contributed by atoms with Gasteiger partial charge in [-0.1, -0.05) is 34.1 Å². The Labute approximate surface area is 141 Å². The Bertz CT molecular complexity index is 547. The molecule has 118 valence electrons. The number of aryl methyl sites for hydroxylation is 1. The van der Waals surface area contributed by atoms with Gasteiger partial charge < -0.3 is 5.32 Å². The summed E-state index contributed by atoms with van der Waals surface area (Å²) in [6, 6.07) is 8.20. The quantitative estimate of drug-likeness (QED) is 0.842. The van der Waals surface area contributed by atoms with Gasteiger partial charge in [-0.3, -0.25) is 4.79 Å². The van der Waals surface area contributed by atoms with Gasteiger partial charge in [-0.25, -0.2) is 0 Å². The molecule has 0 saturated heterocycles. The van der Waals surface area contributed by atoms with Crippen LogP contribution in [0.25, 0.3) is 0 Å². The summed E-state index contributed by atoms with van der Waals surface area (Å²) in [6.07, 6.45) is 9.40. The maximum atomic E-state index is 12.5. The lowest BCUT2D eigenvalue weighted by Gasteiger charge is -2.56. The molecule has 0 spiro atoms. The molecule has 1 aromatic rings. The highest BCUT2D eigenvalue weighted by Crippen LogP contribution is 2.55. The highest BCUT2D eigenvalue weighted by atomic mass is 79.9. The van der Waals surface area contributed by atoms with Gasteiger partial charge in [0.25, 0.3) is 0 Å². The van der Waals surface area contributed by atoms with E-state index in [4.69, 9.17) is 0 Å². The summed E-state index contributed by atoms with van der Waals surface area (Å²) in [5, 5.41) is 3.46.